The summed E-state index contributed by atoms with van der Waals surface area (Å²) in [5, 5.41) is 2.62. The highest BCUT2D eigenvalue weighted by Gasteiger charge is 2.22. The highest BCUT2D eigenvalue weighted by Crippen LogP contribution is 2.20. The molecule has 0 aliphatic carbocycles. The van der Waals surface area contributed by atoms with Gasteiger partial charge in [-0.25, -0.2) is 0 Å². The highest BCUT2D eigenvalue weighted by molar-refractivity contribution is 6.07. The van der Waals surface area contributed by atoms with E-state index in [0.29, 0.717) is 11.3 Å². The maximum absolute atomic E-state index is 12.5. The van der Waals surface area contributed by atoms with E-state index in [9.17, 15) is 14.4 Å². The van der Waals surface area contributed by atoms with Gasteiger partial charge in [0.15, 0.2) is 0 Å². The maximum Gasteiger partial charge on any atom is 0.315 e. The van der Waals surface area contributed by atoms with E-state index in [2.05, 4.69) is 5.32 Å². The lowest BCUT2D eigenvalue weighted by molar-refractivity contribution is -0.145. The SMILES string of the molecule is CCOC(=O)CC(=O)Nc1ccccc1C(=O)N1CCCC1. The van der Waals surface area contributed by atoms with Gasteiger partial charge < -0.3 is 15.0 Å². The zero-order chi connectivity index (χ0) is 15.9. The molecule has 1 saturated heterocycles. The average molecular weight is 304 g/mol. The van der Waals surface area contributed by atoms with Gasteiger partial charge in [0.1, 0.15) is 6.42 Å². The Morgan fingerprint density at radius 1 is 1.18 bits per heavy atom. The Hall–Kier alpha value is -2.37. The number of benzene rings is 1. The van der Waals surface area contributed by atoms with Crippen molar-refractivity contribution in [2.75, 3.05) is 25.0 Å². The number of amides is 2. The molecular weight excluding hydrogens is 284 g/mol. The number of rotatable bonds is 5. The fraction of sp³-hybridized carbons (Fsp3) is 0.438. The monoisotopic (exact) mass is 304 g/mol. The van der Waals surface area contributed by atoms with E-state index in [0.717, 1.165) is 25.9 Å². The van der Waals surface area contributed by atoms with Gasteiger partial charge in [-0.05, 0) is 31.9 Å². The smallest absolute Gasteiger partial charge is 0.315 e. The Kier molecular flexibility index (Phi) is 5.52. The van der Waals surface area contributed by atoms with Crippen LogP contribution in [0.25, 0.3) is 0 Å². The summed E-state index contributed by atoms with van der Waals surface area (Å²) in [5.74, 6) is -1.16. The van der Waals surface area contributed by atoms with Crippen LogP contribution < -0.4 is 5.32 Å². The first-order valence-corrected chi connectivity index (χ1v) is 7.45. The Balaban J connectivity index is 2.06. The van der Waals surface area contributed by atoms with Gasteiger partial charge in [-0.2, -0.15) is 0 Å². The zero-order valence-electron chi connectivity index (χ0n) is 12.6. The first kappa shape index (κ1) is 16.0. The predicted octanol–water partition coefficient (Wildman–Crippen LogP) is 1.81. The number of hydrogen-bond acceptors (Lipinski definition) is 4. The Labute approximate surface area is 129 Å². The number of likely N-dealkylation sites (tertiary alicyclic amines) is 1. The number of ether oxygens (including phenoxy) is 1. The van der Waals surface area contributed by atoms with E-state index >= 15 is 0 Å². The number of nitrogens with zero attached hydrogens (tertiary/aromatic N) is 1. The largest absolute Gasteiger partial charge is 0.466 e. The van der Waals surface area contributed by atoms with Crippen LogP contribution in [0.3, 0.4) is 0 Å². The summed E-state index contributed by atoms with van der Waals surface area (Å²) >= 11 is 0. The molecule has 1 N–H and O–H groups in total. The molecule has 6 nitrogen and oxygen atoms in total. The van der Waals surface area contributed by atoms with E-state index < -0.39 is 11.9 Å². The van der Waals surface area contributed by atoms with Crippen LogP contribution in [0.5, 0.6) is 0 Å². The summed E-state index contributed by atoms with van der Waals surface area (Å²) in [6, 6.07) is 6.83. The standard InChI is InChI=1S/C16H20N2O4/c1-2-22-15(20)11-14(19)17-13-8-4-3-7-12(13)16(21)18-9-5-6-10-18/h3-4,7-8H,2,5-6,9-11H2,1H3,(H,17,19). The van der Waals surface area contributed by atoms with Crippen molar-refractivity contribution in [3.05, 3.63) is 29.8 Å². The van der Waals surface area contributed by atoms with Gasteiger partial charge in [0.2, 0.25) is 5.91 Å². The highest BCUT2D eigenvalue weighted by atomic mass is 16.5. The van der Waals surface area contributed by atoms with Crippen molar-refractivity contribution in [2.45, 2.75) is 26.2 Å². The molecule has 1 aliphatic heterocycles. The Bertz CT molecular complexity index is 565. The lowest BCUT2D eigenvalue weighted by Crippen LogP contribution is -2.29. The first-order valence-electron chi connectivity index (χ1n) is 7.45. The average Bonchev–Trinajstić information content (AvgIpc) is 3.01. The van der Waals surface area contributed by atoms with Crippen LogP contribution in [-0.2, 0) is 14.3 Å². The number of hydrogen-bond donors (Lipinski definition) is 1. The molecule has 1 fully saturated rings. The number of carbonyl (C=O) groups is 3. The molecule has 6 heteroatoms. The summed E-state index contributed by atoms with van der Waals surface area (Å²) in [6.07, 6.45) is 1.65. The fourth-order valence-electron chi connectivity index (χ4n) is 2.41. The molecule has 0 atom stereocenters. The third-order valence-corrected chi connectivity index (χ3v) is 3.44. The molecule has 2 amide bonds. The van der Waals surface area contributed by atoms with Crippen LogP contribution in [0.2, 0.25) is 0 Å². The second-order valence-electron chi connectivity index (χ2n) is 5.07. The lowest BCUT2D eigenvalue weighted by Gasteiger charge is -2.17. The van der Waals surface area contributed by atoms with Crippen LogP contribution in [0, 0.1) is 0 Å². The molecule has 0 aromatic heterocycles. The van der Waals surface area contributed by atoms with Gasteiger partial charge in [0.05, 0.1) is 17.9 Å². The minimum absolute atomic E-state index is 0.0930. The predicted molar refractivity (Wildman–Crippen MR) is 81.5 cm³/mol. The number of nitrogens with one attached hydrogen (secondary N) is 1. The maximum atomic E-state index is 12.5. The second-order valence-corrected chi connectivity index (χ2v) is 5.07. The number of carbonyl (C=O) groups excluding carboxylic acids is 3. The molecule has 2 rings (SSSR count). The minimum atomic E-state index is -0.580. The van der Waals surface area contributed by atoms with Crippen molar-refractivity contribution in [3.63, 3.8) is 0 Å². The Morgan fingerprint density at radius 3 is 2.55 bits per heavy atom. The van der Waals surface area contributed by atoms with Crippen molar-refractivity contribution in [1.29, 1.82) is 0 Å². The van der Waals surface area contributed by atoms with Gasteiger partial charge in [0, 0.05) is 13.1 Å². The third-order valence-electron chi connectivity index (χ3n) is 3.44. The zero-order valence-corrected chi connectivity index (χ0v) is 12.6. The number of anilines is 1. The molecule has 0 spiro atoms. The molecule has 0 bridgehead atoms. The van der Waals surface area contributed by atoms with E-state index in [1.807, 2.05) is 0 Å². The lowest BCUT2D eigenvalue weighted by atomic mass is 10.1. The summed E-state index contributed by atoms with van der Waals surface area (Å²) in [7, 11) is 0. The van der Waals surface area contributed by atoms with Crippen molar-refractivity contribution in [1.82, 2.24) is 4.90 Å². The van der Waals surface area contributed by atoms with E-state index in [4.69, 9.17) is 4.74 Å². The summed E-state index contributed by atoms with van der Waals surface area (Å²) in [4.78, 5) is 37.4. The second kappa shape index (κ2) is 7.59. The van der Waals surface area contributed by atoms with Gasteiger partial charge >= 0.3 is 5.97 Å². The van der Waals surface area contributed by atoms with Gasteiger partial charge in [0.25, 0.3) is 5.91 Å². The molecule has 0 radical (unpaired) electrons. The normalized spacial score (nSPS) is 13.8. The summed E-state index contributed by atoms with van der Waals surface area (Å²) < 4.78 is 4.73. The molecule has 0 saturated carbocycles. The van der Waals surface area contributed by atoms with Crippen LogP contribution in [0.4, 0.5) is 5.69 Å². The number of esters is 1. The molecule has 1 aliphatic rings. The van der Waals surface area contributed by atoms with Crippen LogP contribution >= 0.6 is 0 Å². The quantitative estimate of drug-likeness (QED) is 0.665. The Morgan fingerprint density at radius 2 is 1.86 bits per heavy atom. The van der Waals surface area contributed by atoms with Crippen molar-refractivity contribution in [2.24, 2.45) is 0 Å². The molecular formula is C16H20N2O4. The molecule has 1 heterocycles. The molecule has 1 aromatic rings. The van der Waals surface area contributed by atoms with Crippen LogP contribution in [-0.4, -0.2) is 42.4 Å². The van der Waals surface area contributed by atoms with E-state index in [1.54, 1.807) is 36.1 Å². The molecule has 1 aromatic carbocycles. The van der Waals surface area contributed by atoms with Gasteiger partial charge in [-0.3, -0.25) is 14.4 Å². The molecule has 118 valence electrons. The summed E-state index contributed by atoms with van der Waals surface area (Å²) in [6.45, 7) is 3.39. The van der Waals surface area contributed by atoms with E-state index in [-0.39, 0.29) is 18.9 Å². The van der Waals surface area contributed by atoms with Crippen molar-refractivity contribution in [3.8, 4) is 0 Å². The van der Waals surface area contributed by atoms with Crippen molar-refractivity contribution >= 4 is 23.5 Å². The third kappa shape index (κ3) is 4.07. The number of para-hydroxylation sites is 1. The summed E-state index contributed by atoms with van der Waals surface area (Å²) in [5.41, 5.74) is 0.871. The molecule has 22 heavy (non-hydrogen) atoms. The van der Waals surface area contributed by atoms with E-state index in [1.165, 1.54) is 0 Å². The van der Waals surface area contributed by atoms with Crippen LogP contribution in [0.15, 0.2) is 24.3 Å². The minimum Gasteiger partial charge on any atom is -0.466 e. The fourth-order valence-corrected chi connectivity index (χ4v) is 2.41. The molecule has 0 unspecified atom stereocenters. The van der Waals surface area contributed by atoms with Crippen molar-refractivity contribution < 1.29 is 19.1 Å². The van der Waals surface area contributed by atoms with Crippen LogP contribution in [0.1, 0.15) is 36.5 Å². The first-order chi connectivity index (χ1) is 10.6. The van der Waals surface area contributed by atoms with Gasteiger partial charge in [-0.15, -0.1) is 0 Å². The van der Waals surface area contributed by atoms with Gasteiger partial charge in [-0.1, -0.05) is 12.1 Å². The topological polar surface area (TPSA) is 75.7 Å².